The predicted molar refractivity (Wildman–Crippen MR) is 62.5 cm³/mol. The molecule has 2 aromatic rings. The van der Waals surface area contributed by atoms with Crippen molar-refractivity contribution in [3.05, 3.63) is 58.3 Å². The Morgan fingerprint density at radius 3 is 2.41 bits per heavy atom. The van der Waals surface area contributed by atoms with E-state index in [1.54, 1.807) is 17.8 Å². The van der Waals surface area contributed by atoms with Gasteiger partial charge < -0.3 is 4.57 Å². The standard InChI is InChI=1S/C13H10FNO2/c1-15-6-10(8-16)13(17)12(7-15)9-2-4-11(14)5-3-9/h2-8H,1H3. The van der Waals surface area contributed by atoms with Crippen molar-refractivity contribution in [2.45, 2.75) is 0 Å². The molecule has 0 atom stereocenters. The van der Waals surface area contributed by atoms with Crippen LogP contribution in [0.4, 0.5) is 4.39 Å². The summed E-state index contributed by atoms with van der Waals surface area (Å²) in [5.74, 6) is -0.364. The maximum Gasteiger partial charge on any atom is 0.199 e. The van der Waals surface area contributed by atoms with Gasteiger partial charge in [-0.25, -0.2) is 4.39 Å². The van der Waals surface area contributed by atoms with Crippen molar-refractivity contribution in [2.75, 3.05) is 0 Å². The van der Waals surface area contributed by atoms with Crippen LogP contribution in [0, 0.1) is 5.82 Å². The Morgan fingerprint density at radius 1 is 1.18 bits per heavy atom. The summed E-state index contributed by atoms with van der Waals surface area (Å²) in [6.45, 7) is 0. The second-order valence-electron chi connectivity index (χ2n) is 3.75. The largest absolute Gasteiger partial charge is 0.356 e. The van der Waals surface area contributed by atoms with E-state index in [4.69, 9.17) is 0 Å². The Kier molecular flexibility index (Phi) is 2.87. The third kappa shape index (κ3) is 2.15. The minimum Gasteiger partial charge on any atom is -0.356 e. The van der Waals surface area contributed by atoms with Crippen LogP contribution >= 0.6 is 0 Å². The van der Waals surface area contributed by atoms with Crippen molar-refractivity contribution in [2.24, 2.45) is 7.05 Å². The van der Waals surface area contributed by atoms with Gasteiger partial charge in [0.2, 0.25) is 0 Å². The Morgan fingerprint density at radius 2 is 1.82 bits per heavy atom. The summed E-state index contributed by atoms with van der Waals surface area (Å²) >= 11 is 0. The van der Waals surface area contributed by atoms with Gasteiger partial charge in [-0.1, -0.05) is 12.1 Å². The summed E-state index contributed by atoms with van der Waals surface area (Å²) in [6, 6.07) is 5.59. The maximum atomic E-state index is 12.8. The fourth-order valence-electron chi connectivity index (χ4n) is 1.65. The highest BCUT2D eigenvalue weighted by Gasteiger charge is 2.08. The smallest absolute Gasteiger partial charge is 0.199 e. The van der Waals surface area contributed by atoms with Gasteiger partial charge >= 0.3 is 0 Å². The van der Waals surface area contributed by atoms with Gasteiger partial charge in [-0.15, -0.1) is 0 Å². The van der Waals surface area contributed by atoms with Crippen LogP contribution in [-0.2, 0) is 7.05 Å². The van der Waals surface area contributed by atoms with Gasteiger partial charge in [0, 0.05) is 25.0 Å². The first-order valence-electron chi connectivity index (χ1n) is 5.03. The van der Waals surface area contributed by atoms with E-state index in [-0.39, 0.29) is 16.8 Å². The molecule has 0 aliphatic heterocycles. The molecule has 0 saturated carbocycles. The van der Waals surface area contributed by atoms with Gasteiger partial charge in [-0.2, -0.15) is 0 Å². The summed E-state index contributed by atoms with van der Waals surface area (Å²) in [5, 5.41) is 0. The molecule has 0 aliphatic rings. The first-order valence-corrected chi connectivity index (χ1v) is 5.03. The summed E-state index contributed by atoms with van der Waals surface area (Å²) in [7, 11) is 1.72. The predicted octanol–water partition coefficient (Wildman–Crippen LogP) is 2.00. The maximum absolute atomic E-state index is 12.8. The number of carbonyl (C=O) groups is 1. The molecule has 0 bridgehead atoms. The summed E-state index contributed by atoms with van der Waals surface area (Å²) in [5.41, 5.74) is 0.729. The van der Waals surface area contributed by atoms with Gasteiger partial charge in [0.15, 0.2) is 11.7 Å². The minimum absolute atomic E-state index is 0.0920. The second kappa shape index (κ2) is 4.33. The van der Waals surface area contributed by atoms with E-state index in [1.165, 1.54) is 30.5 Å². The fraction of sp³-hybridized carbons (Fsp3) is 0.0769. The molecule has 0 spiro atoms. The SMILES string of the molecule is Cn1cc(C=O)c(=O)c(-c2ccc(F)cc2)c1. The Balaban J connectivity index is 2.67. The molecular formula is C13H10FNO2. The molecule has 1 heterocycles. The van der Waals surface area contributed by atoms with E-state index >= 15 is 0 Å². The van der Waals surface area contributed by atoms with Crippen molar-refractivity contribution >= 4 is 6.29 Å². The van der Waals surface area contributed by atoms with Gasteiger partial charge in [0.05, 0.1) is 5.56 Å². The first kappa shape index (κ1) is 11.3. The highest BCUT2D eigenvalue weighted by molar-refractivity contribution is 5.77. The van der Waals surface area contributed by atoms with Crippen molar-refractivity contribution in [3.8, 4) is 11.1 Å². The molecule has 3 nitrogen and oxygen atoms in total. The van der Waals surface area contributed by atoms with Crippen LogP contribution < -0.4 is 5.43 Å². The lowest BCUT2D eigenvalue weighted by Crippen LogP contribution is -2.13. The number of hydrogen-bond donors (Lipinski definition) is 0. The van der Waals surface area contributed by atoms with Crippen LogP contribution in [0.2, 0.25) is 0 Å². The van der Waals surface area contributed by atoms with Crippen molar-refractivity contribution in [1.29, 1.82) is 0 Å². The quantitative estimate of drug-likeness (QED) is 0.741. The third-order valence-electron chi connectivity index (χ3n) is 2.46. The zero-order valence-corrected chi connectivity index (χ0v) is 9.18. The van der Waals surface area contributed by atoms with Crippen LogP contribution in [0.1, 0.15) is 10.4 Å². The zero-order chi connectivity index (χ0) is 12.4. The summed E-state index contributed by atoms with van der Waals surface area (Å²) in [4.78, 5) is 22.6. The lowest BCUT2D eigenvalue weighted by Gasteiger charge is -2.05. The molecule has 17 heavy (non-hydrogen) atoms. The molecule has 0 unspecified atom stereocenters. The topological polar surface area (TPSA) is 39.1 Å². The minimum atomic E-state index is -0.364. The molecule has 1 aromatic heterocycles. The molecule has 0 radical (unpaired) electrons. The van der Waals surface area contributed by atoms with Gasteiger partial charge in [-0.3, -0.25) is 9.59 Å². The molecular weight excluding hydrogens is 221 g/mol. The van der Waals surface area contributed by atoms with E-state index in [9.17, 15) is 14.0 Å². The van der Waals surface area contributed by atoms with Crippen LogP contribution in [0.25, 0.3) is 11.1 Å². The monoisotopic (exact) mass is 231 g/mol. The van der Waals surface area contributed by atoms with E-state index in [0.717, 1.165) is 0 Å². The third-order valence-corrected chi connectivity index (χ3v) is 2.46. The highest BCUT2D eigenvalue weighted by atomic mass is 19.1. The number of aldehydes is 1. The van der Waals surface area contributed by atoms with Crippen molar-refractivity contribution < 1.29 is 9.18 Å². The Hall–Kier alpha value is -2.23. The van der Waals surface area contributed by atoms with Crippen molar-refractivity contribution in [1.82, 2.24) is 4.57 Å². The van der Waals surface area contributed by atoms with Crippen molar-refractivity contribution in [3.63, 3.8) is 0 Å². The van der Waals surface area contributed by atoms with Gasteiger partial charge in [0.25, 0.3) is 0 Å². The summed E-state index contributed by atoms with van der Waals surface area (Å²) < 4.78 is 14.4. The van der Waals surface area contributed by atoms with E-state index in [0.29, 0.717) is 17.4 Å². The average molecular weight is 231 g/mol. The number of benzene rings is 1. The number of hydrogen-bond acceptors (Lipinski definition) is 2. The van der Waals surface area contributed by atoms with Crippen LogP contribution in [-0.4, -0.2) is 10.9 Å². The second-order valence-corrected chi connectivity index (χ2v) is 3.75. The number of pyridine rings is 1. The Bertz CT molecular complexity index is 614. The van der Waals surface area contributed by atoms with Gasteiger partial charge in [0.1, 0.15) is 5.82 Å². The molecule has 1 aromatic carbocycles. The molecule has 0 N–H and O–H groups in total. The van der Waals surface area contributed by atoms with E-state index < -0.39 is 0 Å². The van der Waals surface area contributed by atoms with Crippen LogP contribution in [0.3, 0.4) is 0 Å². The van der Waals surface area contributed by atoms with Gasteiger partial charge in [-0.05, 0) is 17.7 Å². The van der Waals surface area contributed by atoms with E-state index in [1.807, 2.05) is 0 Å². The number of carbonyl (C=O) groups excluding carboxylic acids is 1. The normalized spacial score (nSPS) is 10.2. The average Bonchev–Trinajstić information content (AvgIpc) is 2.33. The first-order chi connectivity index (χ1) is 8.11. The molecule has 0 saturated heterocycles. The molecule has 2 rings (SSSR count). The molecule has 0 aliphatic carbocycles. The van der Waals surface area contributed by atoms with E-state index in [2.05, 4.69) is 0 Å². The number of rotatable bonds is 2. The number of nitrogens with zero attached hydrogens (tertiary/aromatic N) is 1. The number of aromatic nitrogens is 1. The number of halogens is 1. The zero-order valence-electron chi connectivity index (χ0n) is 9.18. The molecule has 4 heteroatoms. The highest BCUT2D eigenvalue weighted by Crippen LogP contribution is 2.15. The van der Waals surface area contributed by atoms with Crippen LogP contribution in [0.5, 0.6) is 0 Å². The molecule has 86 valence electrons. The molecule has 0 amide bonds. The lowest BCUT2D eigenvalue weighted by atomic mass is 10.1. The Labute approximate surface area is 97.1 Å². The van der Waals surface area contributed by atoms with Crippen LogP contribution in [0.15, 0.2) is 41.5 Å². The fourth-order valence-corrected chi connectivity index (χ4v) is 1.65. The summed E-state index contributed by atoms with van der Waals surface area (Å²) in [6.07, 6.45) is 3.60. The number of aryl methyl sites for hydroxylation is 1. The molecule has 0 fully saturated rings. The lowest BCUT2D eigenvalue weighted by molar-refractivity contribution is 0.112.